The molecule has 2 saturated heterocycles. The molecule has 0 bridgehead atoms. The number of aliphatic hydroxyl groups is 1. The normalized spacial score (nSPS) is 31.1. The quantitative estimate of drug-likeness (QED) is 0.487. The number of carbonyl (C=O) groups excluding carboxylic acids is 3. The van der Waals surface area contributed by atoms with Crippen molar-refractivity contribution >= 4 is 40.9 Å². The van der Waals surface area contributed by atoms with Crippen LogP contribution in [0.1, 0.15) is 34.1 Å². The standard InChI is InChI=1S/C31H42N4O4S/c1-6-20(4)23(19-36)35-27-30(39)34(22-14-12-21(13-15-22)33(7-2)8-3)18-10-16-31(27)26(29(35)38)25-24(40-31)11-9-17-32(5)28(25)37/h9-16,20,23-27,36H,6-8,17-19H2,1-5H3/t20-,23-,24+,25-,26-,27?,31-/m0/s1. The van der Waals surface area contributed by atoms with Gasteiger partial charge in [-0.05, 0) is 44.0 Å². The van der Waals surface area contributed by atoms with E-state index in [1.54, 1.807) is 33.5 Å². The molecule has 1 aromatic carbocycles. The third-order valence-electron chi connectivity index (χ3n) is 9.43. The SMILES string of the molecule is CC[C@H](C)[C@H](CO)N1C(=O)[C@@H]2[C@H]3C(=O)N(C)CC=C[C@H]3S[C@@]23C=CCN(c2ccc(N(CC)CC)cc2)C(=O)C13. The van der Waals surface area contributed by atoms with E-state index in [1.165, 1.54) is 0 Å². The number of amides is 3. The van der Waals surface area contributed by atoms with Crippen LogP contribution in [0.4, 0.5) is 11.4 Å². The zero-order valence-electron chi connectivity index (χ0n) is 24.2. The zero-order valence-corrected chi connectivity index (χ0v) is 25.0. The number of rotatable bonds is 8. The van der Waals surface area contributed by atoms with Gasteiger partial charge in [-0.15, -0.1) is 11.8 Å². The second kappa shape index (κ2) is 11.2. The Balaban J connectivity index is 1.60. The minimum Gasteiger partial charge on any atom is -0.394 e. The lowest BCUT2D eigenvalue weighted by atomic mass is 9.78. The molecule has 4 aliphatic rings. The van der Waals surface area contributed by atoms with E-state index in [2.05, 4.69) is 18.7 Å². The number of likely N-dealkylation sites (N-methyl/N-ethyl adjacent to an activating group) is 1. The maximum atomic E-state index is 14.7. The Labute approximate surface area is 242 Å². The van der Waals surface area contributed by atoms with Gasteiger partial charge in [-0.3, -0.25) is 14.4 Å². The largest absolute Gasteiger partial charge is 0.394 e. The molecule has 4 heterocycles. The lowest BCUT2D eigenvalue weighted by Gasteiger charge is -2.40. The summed E-state index contributed by atoms with van der Waals surface area (Å²) >= 11 is 1.58. The van der Waals surface area contributed by atoms with Gasteiger partial charge in [-0.2, -0.15) is 0 Å². The zero-order chi connectivity index (χ0) is 28.8. The molecule has 7 atom stereocenters. The first-order chi connectivity index (χ1) is 19.2. The highest BCUT2D eigenvalue weighted by atomic mass is 32.2. The van der Waals surface area contributed by atoms with E-state index >= 15 is 0 Å². The monoisotopic (exact) mass is 566 g/mol. The molecule has 216 valence electrons. The highest BCUT2D eigenvalue weighted by molar-refractivity contribution is 8.02. The molecular weight excluding hydrogens is 524 g/mol. The Hall–Kier alpha value is -2.78. The predicted molar refractivity (Wildman–Crippen MR) is 160 cm³/mol. The van der Waals surface area contributed by atoms with Crippen molar-refractivity contribution in [2.45, 2.75) is 56.2 Å². The molecule has 0 saturated carbocycles. The molecule has 4 aliphatic heterocycles. The van der Waals surface area contributed by atoms with Gasteiger partial charge in [-0.1, -0.05) is 44.6 Å². The van der Waals surface area contributed by atoms with Gasteiger partial charge in [0.2, 0.25) is 11.8 Å². The third-order valence-corrected chi connectivity index (χ3v) is 11.2. The molecule has 1 unspecified atom stereocenters. The topological polar surface area (TPSA) is 84.4 Å². The molecule has 1 aromatic rings. The van der Waals surface area contributed by atoms with Gasteiger partial charge in [0, 0.05) is 49.9 Å². The maximum Gasteiger partial charge on any atom is 0.251 e. The number of benzene rings is 1. The number of nitrogens with zero attached hydrogens (tertiary/aromatic N) is 4. The number of hydrogen-bond donors (Lipinski definition) is 1. The Kier molecular flexibility index (Phi) is 8.08. The summed E-state index contributed by atoms with van der Waals surface area (Å²) in [4.78, 5) is 50.1. The van der Waals surface area contributed by atoms with E-state index in [9.17, 15) is 19.5 Å². The van der Waals surface area contributed by atoms with E-state index in [1.807, 2.05) is 62.4 Å². The average molecular weight is 567 g/mol. The van der Waals surface area contributed by atoms with Crippen LogP contribution >= 0.6 is 11.8 Å². The summed E-state index contributed by atoms with van der Waals surface area (Å²) < 4.78 is -0.890. The summed E-state index contributed by atoms with van der Waals surface area (Å²) in [6.07, 6.45) is 8.82. The van der Waals surface area contributed by atoms with Crippen LogP contribution < -0.4 is 9.80 Å². The fourth-order valence-electron chi connectivity index (χ4n) is 7.04. The van der Waals surface area contributed by atoms with Gasteiger partial charge >= 0.3 is 0 Å². The van der Waals surface area contributed by atoms with Gasteiger partial charge in [0.05, 0.1) is 29.2 Å². The summed E-state index contributed by atoms with van der Waals surface area (Å²) in [5.74, 6) is -1.66. The molecule has 8 nitrogen and oxygen atoms in total. The van der Waals surface area contributed by atoms with Crippen molar-refractivity contribution in [2.24, 2.45) is 17.8 Å². The van der Waals surface area contributed by atoms with Crippen molar-refractivity contribution in [1.82, 2.24) is 9.80 Å². The van der Waals surface area contributed by atoms with E-state index in [4.69, 9.17) is 0 Å². The highest BCUT2D eigenvalue weighted by Gasteiger charge is 2.71. The summed E-state index contributed by atoms with van der Waals surface area (Å²) in [5, 5.41) is 10.4. The van der Waals surface area contributed by atoms with Crippen molar-refractivity contribution in [3.05, 3.63) is 48.6 Å². The minimum absolute atomic E-state index is 0.0140. The molecule has 2 fully saturated rings. The molecule has 9 heteroatoms. The number of fused-ring (bicyclic) bond motifs is 2. The number of carbonyl (C=O) groups is 3. The predicted octanol–water partition coefficient (Wildman–Crippen LogP) is 3.17. The van der Waals surface area contributed by atoms with Crippen LogP contribution in [0.25, 0.3) is 0 Å². The third kappa shape index (κ3) is 4.36. The maximum absolute atomic E-state index is 14.7. The second-order valence-corrected chi connectivity index (χ2v) is 12.9. The number of anilines is 2. The lowest BCUT2D eigenvalue weighted by Crippen LogP contribution is -2.58. The Morgan fingerprint density at radius 2 is 1.73 bits per heavy atom. The van der Waals surface area contributed by atoms with Crippen LogP contribution in [-0.2, 0) is 14.4 Å². The van der Waals surface area contributed by atoms with Crippen molar-refractivity contribution in [2.75, 3.05) is 49.6 Å². The van der Waals surface area contributed by atoms with Gasteiger partial charge < -0.3 is 24.7 Å². The van der Waals surface area contributed by atoms with Crippen LogP contribution in [0.3, 0.4) is 0 Å². The van der Waals surface area contributed by atoms with E-state index in [-0.39, 0.29) is 35.5 Å². The van der Waals surface area contributed by atoms with E-state index in [0.29, 0.717) is 13.1 Å². The van der Waals surface area contributed by atoms with E-state index in [0.717, 1.165) is 30.9 Å². The van der Waals surface area contributed by atoms with Crippen LogP contribution in [0.2, 0.25) is 0 Å². The Bertz CT molecular complexity index is 1200. The van der Waals surface area contributed by atoms with Crippen molar-refractivity contribution < 1.29 is 19.5 Å². The minimum atomic E-state index is -0.890. The molecule has 3 amide bonds. The highest BCUT2D eigenvalue weighted by Crippen LogP contribution is 2.61. The van der Waals surface area contributed by atoms with Crippen molar-refractivity contribution in [1.29, 1.82) is 0 Å². The first kappa shape index (κ1) is 28.7. The molecule has 40 heavy (non-hydrogen) atoms. The van der Waals surface area contributed by atoms with Crippen LogP contribution in [0, 0.1) is 17.8 Å². The molecular formula is C31H42N4O4S. The Morgan fingerprint density at radius 3 is 2.35 bits per heavy atom. The number of thioether (sulfide) groups is 1. The van der Waals surface area contributed by atoms with Crippen molar-refractivity contribution in [3.8, 4) is 0 Å². The molecule has 1 spiro atoms. The summed E-state index contributed by atoms with van der Waals surface area (Å²) in [6.45, 7) is 10.7. The van der Waals surface area contributed by atoms with Crippen LogP contribution in [0.15, 0.2) is 48.6 Å². The molecule has 1 N–H and O–H groups in total. The van der Waals surface area contributed by atoms with E-state index < -0.39 is 28.7 Å². The first-order valence-corrected chi connectivity index (χ1v) is 15.5. The summed E-state index contributed by atoms with van der Waals surface area (Å²) in [5.41, 5.74) is 1.87. The summed E-state index contributed by atoms with van der Waals surface area (Å²) in [6, 6.07) is 6.69. The molecule has 0 aliphatic carbocycles. The van der Waals surface area contributed by atoms with Gasteiger partial charge in [0.25, 0.3) is 5.91 Å². The summed E-state index contributed by atoms with van der Waals surface area (Å²) in [7, 11) is 1.77. The molecule has 5 rings (SSSR count). The molecule has 0 radical (unpaired) electrons. The second-order valence-electron chi connectivity index (χ2n) is 11.4. The Morgan fingerprint density at radius 1 is 1.02 bits per heavy atom. The van der Waals surface area contributed by atoms with Gasteiger partial charge in [-0.25, -0.2) is 0 Å². The molecule has 0 aromatic heterocycles. The average Bonchev–Trinajstić information content (AvgIpc) is 3.29. The van der Waals surface area contributed by atoms with Crippen LogP contribution in [0.5, 0.6) is 0 Å². The van der Waals surface area contributed by atoms with Gasteiger partial charge in [0.1, 0.15) is 6.04 Å². The van der Waals surface area contributed by atoms with Gasteiger partial charge in [0.15, 0.2) is 0 Å². The fraction of sp³-hybridized carbons (Fsp3) is 0.581. The number of hydrogen-bond acceptors (Lipinski definition) is 6. The van der Waals surface area contributed by atoms with Crippen LogP contribution in [-0.4, -0.2) is 94.5 Å². The lowest BCUT2D eigenvalue weighted by molar-refractivity contribution is -0.145. The smallest absolute Gasteiger partial charge is 0.251 e. The number of aliphatic hydroxyl groups excluding tert-OH is 1. The first-order valence-electron chi connectivity index (χ1n) is 14.6. The van der Waals surface area contributed by atoms with Crippen molar-refractivity contribution in [3.63, 3.8) is 0 Å². The number of likely N-dealkylation sites (tertiary alicyclic amines) is 1. The fourth-order valence-corrected chi connectivity index (χ4v) is 9.03.